The van der Waals surface area contributed by atoms with E-state index in [0.717, 1.165) is 38.5 Å². The lowest BCUT2D eigenvalue weighted by Crippen LogP contribution is -2.44. The van der Waals surface area contributed by atoms with Crippen LogP contribution in [0.1, 0.15) is 218 Å². The first kappa shape index (κ1) is 102. The molecule has 0 saturated carbocycles. The van der Waals surface area contributed by atoms with Gasteiger partial charge in [0.1, 0.15) is 30.5 Å². The van der Waals surface area contributed by atoms with Gasteiger partial charge in [-0.15, -0.1) is 14.7 Å². The summed E-state index contributed by atoms with van der Waals surface area (Å²) < 4.78 is 16.8. The second-order valence-corrected chi connectivity index (χ2v) is 30.0. The maximum Gasteiger partial charge on any atom is 0.254 e. The molecule has 29 nitrogen and oxygen atoms in total. The summed E-state index contributed by atoms with van der Waals surface area (Å²) in [6.45, 7) is 22.3. The Bertz CT molecular complexity index is 4290. The Labute approximate surface area is 685 Å². The summed E-state index contributed by atoms with van der Waals surface area (Å²) in [5, 5.41) is 47.8. The van der Waals surface area contributed by atoms with Gasteiger partial charge in [-0.05, 0) is 181 Å². The second-order valence-electron chi connectivity index (χ2n) is 30.0. The van der Waals surface area contributed by atoms with Gasteiger partial charge in [-0.25, -0.2) is 0 Å². The van der Waals surface area contributed by atoms with Crippen LogP contribution in [0.4, 0.5) is 0 Å². The van der Waals surface area contributed by atoms with Crippen molar-refractivity contribution >= 4 is 64.0 Å². The quantitative estimate of drug-likeness (QED) is 0.0100. The van der Waals surface area contributed by atoms with Crippen molar-refractivity contribution in [3.63, 3.8) is 0 Å². The number of hydrogen-bond donors (Lipinski definition) is 8. The van der Waals surface area contributed by atoms with Crippen LogP contribution in [0.5, 0.6) is 17.2 Å². The van der Waals surface area contributed by atoms with Crippen molar-refractivity contribution < 1.29 is 82.3 Å². The number of carbonyl (C=O) groups excluding carboxylic acids is 11. The molecule has 0 aliphatic heterocycles. The van der Waals surface area contributed by atoms with Gasteiger partial charge in [-0.1, -0.05) is 156 Å². The van der Waals surface area contributed by atoms with Gasteiger partial charge < -0.3 is 61.8 Å². The van der Waals surface area contributed by atoms with Crippen LogP contribution in [-0.4, -0.2) is 173 Å². The van der Waals surface area contributed by atoms with Gasteiger partial charge >= 0.3 is 0 Å². The second kappa shape index (κ2) is 50.5. The number of aliphatic hydroxyl groups is 1. The van der Waals surface area contributed by atoms with E-state index in [-0.39, 0.29) is 78.1 Å². The molecule has 29 heteroatoms. The van der Waals surface area contributed by atoms with E-state index in [1.807, 2.05) is 63.4 Å². The van der Waals surface area contributed by atoms with E-state index in [9.17, 15) is 82.8 Å². The van der Waals surface area contributed by atoms with Crippen LogP contribution in [0.15, 0.2) is 161 Å². The molecule has 0 aliphatic rings. The topological polar surface area (TPSA) is 456 Å². The summed E-state index contributed by atoms with van der Waals surface area (Å²) in [5.74, 6) is -6.56. The molecular formula is C88H119N9O20. The summed E-state index contributed by atoms with van der Waals surface area (Å²) in [4.78, 5) is 163. The Balaban J connectivity index is 0.000000531. The molecule has 6 rings (SSSR count). The number of Topliss-reactive ketones (excluding diaryl/α,β-unsaturated/α-hetero) is 8. The number of phenols is 2. The van der Waals surface area contributed by atoms with Crippen molar-refractivity contribution in [2.45, 2.75) is 208 Å². The number of rotatable bonds is 44. The molecule has 10 N–H and O–H groups in total. The summed E-state index contributed by atoms with van der Waals surface area (Å²) in [6, 6.07) is 44.8. The fourth-order valence-electron chi connectivity index (χ4n) is 11.1. The number of nitrogens with zero attached hydrogens (tertiary/aromatic N) is 4. The first-order valence-electron chi connectivity index (χ1n) is 38.7. The molecule has 636 valence electrons. The Morgan fingerprint density at radius 3 is 1.26 bits per heavy atom. The van der Waals surface area contributed by atoms with Crippen molar-refractivity contribution in [3.8, 4) is 17.2 Å². The van der Waals surface area contributed by atoms with Crippen LogP contribution in [0.25, 0.3) is 0 Å². The zero-order chi connectivity index (χ0) is 88.6. The Morgan fingerprint density at radius 1 is 0.504 bits per heavy atom. The largest absolute Gasteiger partial charge is 0.507 e. The van der Waals surface area contributed by atoms with Gasteiger partial charge in [0.05, 0.1) is 42.1 Å². The zero-order valence-corrected chi connectivity index (χ0v) is 70.4. The normalized spacial score (nSPS) is 13.6. The van der Waals surface area contributed by atoms with Gasteiger partial charge in [0.15, 0.2) is 34.5 Å². The number of carbonyl (C=O) groups is 11. The average molecular weight is 1620 g/mol. The first-order valence-corrected chi connectivity index (χ1v) is 38.7. The molecule has 0 radical (unpaired) electrons. The highest BCUT2D eigenvalue weighted by atomic mass is 16.5. The van der Waals surface area contributed by atoms with E-state index in [4.69, 9.17) is 25.7 Å². The number of hydrogen-bond acceptors (Lipinski definition) is 26. The summed E-state index contributed by atoms with van der Waals surface area (Å²) in [7, 11) is 5.12. The van der Waals surface area contributed by atoms with Gasteiger partial charge in [0, 0.05) is 69.5 Å². The number of primary amides is 2. The molecule has 0 heterocycles. The molecule has 8 atom stereocenters. The lowest BCUT2D eigenvalue weighted by Gasteiger charge is -2.27. The van der Waals surface area contributed by atoms with Gasteiger partial charge in [0.25, 0.3) is 17.7 Å². The molecule has 8 unspecified atom stereocenters. The Hall–Kier alpha value is -11.0. The van der Waals surface area contributed by atoms with E-state index in [0.29, 0.717) is 47.0 Å². The van der Waals surface area contributed by atoms with Crippen molar-refractivity contribution in [1.82, 2.24) is 20.9 Å². The molecule has 3 amide bonds. The minimum absolute atomic E-state index is 0.0160. The predicted molar refractivity (Wildman–Crippen MR) is 448 cm³/mol. The van der Waals surface area contributed by atoms with Crippen LogP contribution in [0.2, 0.25) is 0 Å². The maximum absolute atomic E-state index is 12.7. The van der Waals surface area contributed by atoms with E-state index < -0.39 is 100 Å². The number of aliphatic hydroxyl groups excluding tert-OH is 1. The first-order chi connectivity index (χ1) is 55.0. The lowest BCUT2D eigenvalue weighted by atomic mass is 9.88. The minimum atomic E-state index is -2.02. The third-order valence-corrected chi connectivity index (χ3v) is 19.5. The van der Waals surface area contributed by atoms with Gasteiger partial charge in [-0.2, -0.15) is 0 Å². The summed E-state index contributed by atoms with van der Waals surface area (Å²) >= 11 is 0. The zero-order valence-electron chi connectivity index (χ0n) is 70.4. The minimum Gasteiger partial charge on any atom is -0.507 e. The van der Waals surface area contributed by atoms with Crippen LogP contribution in [0.3, 0.4) is 0 Å². The standard InChI is InChI=1S/C26H33N3O6.C25H31N3O6.C22H30N2O3.C8H14O2.C7H11NO3/c1-4-23(31)26(3,29-34)24(32)16-35-22(19-12-13-21(30)20(14-19)25(27)33)15-28-17(2)10-11-18-8-6-5-7-9-18;1-16(9-10-17-7-5-4-6-8-17)27-14-22(18-11-12-20(29)19(13-18)24(26)32)34-15-21(30)23(31)25(2,3)28-33;1-16(10-11-17-8-6-5-7-9-17)24(3)15-20(25)18-12-13-21(27-4)19(14-18)22(26)23-2;1-5-6(9)7(10)8(2,3)4;1-4-6(10)7(3,8-11)5(2)9/h5-9,12-14,17,22,28,30H,4,10-11,15-16H2,1-3H3,(H2,27,33);4-8,11-13,16,22,27,29H,9-10,14-15H2,1-3H3,(H2,26,32);5-9,12-14,16,20,25H,10-11,15H2,1-4H3,(H,23,26);5H2,1-4H3;4H2,1-3H3. The van der Waals surface area contributed by atoms with E-state index >= 15 is 0 Å². The van der Waals surface area contributed by atoms with Crippen LogP contribution >= 0.6 is 0 Å². The number of nitrogens with two attached hydrogens (primary N) is 2. The molecule has 0 aliphatic carbocycles. The van der Waals surface area contributed by atoms with Crippen LogP contribution < -0.4 is 32.2 Å². The number of likely N-dealkylation sites (N-methyl/N-ethyl adjacent to an activating group) is 1. The predicted octanol–water partition coefficient (Wildman–Crippen LogP) is 11.8. The molecule has 0 spiro atoms. The molecule has 6 aromatic carbocycles. The fourth-order valence-corrected chi connectivity index (χ4v) is 11.1. The molecule has 0 saturated heterocycles. The average Bonchev–Trinajstić information content (AvgIpc) is 0.807. The monoisotopic (exact) mass is 1620 g/mol. The number of ketones is 8. The van der Waals surface area contributed by atoms with Crippen LogP contribution in [0, 0.1) is 20.1 Å². The number of ether oxygens (including phenoxy) is 3. The van der Waals surface area contributed by atoms with E-state index in [2.05, 4.69) is 91.8 Å². The van der Waals surface area contributed by atoms with E-state index in [1.165, 1.54) is 82.7 Å². The van der Waals surface area contributed by atoms with Crippen molar-refractivity contribution in [1.29, 1.82) is 0 Å². The Morgan fingerprint density at radius 2 is 0.906 bits per heavy atom. The molecular weight excluding hydrogens is 1500 g/mol. The smallest absolute Gasteiger partial charge is 0.254 e. The van der Waals surface area contributed by atoms with E-state index in [1.54, 1.807) is 78.9 Å². The third-order valence-electron chi connectivity index (χ3n) is 19.5. The molecule has 0 bridgehead atoms. The highest BCUT2D eigenvalue weighted by Gasteiger charge is 2.42. The summed E-state index contributed by atoms with van der Waals surface area (Å²) in [6.07, 6.45) is 3.75. The van der Waals surface area contributed by atoms with Crippen molar-refractivity contribution in [2.24, 2.45) is 32.4 Å². The maximum atomic E-state index is 12.7. The fraction of sp³-hybridized carbons (Fsp3) is 0.466. The number of benzene rings is 6. The number of aromatic hydroxyl groups is 2. The van der Waals surface area contributed by atoms with Gasteiger partial charge in [0.2, 0.25) is 28.4 Å². The highest BCUT2D eigenvalue weighted by Crippen LogP contribution is 2.30. The van der Waals surface area contributed by atoms with Gasteiger partial charge in [-0.3, -0.25) is 52.7 Å². The number of aryl methyl sites for hydroxylation is 3. The molecule has 117 heavy (non-hydrogen) atoms. The highest BCUT2D eigenvalue weighted by molar-refractivity contribution is 6.41. The summed E-state index contributed by atoms with van der Waals surface area (Å²) in [5.41, 5.74) is 10.5. The SMILES string of the molecule is CC(CCc1ccccc1)NCC(OCC(=O)C(=O)C(C)(C)N=O)c1ccc(O)c(C(N)=O)c1.CCC(=O)C(=O)C(C)(C)C.CCC(=O)C(C)(N=O)C(=O)COC(CNC(C)CCc1ccccc1)c1ccc(O)c(C(N)=O)c1.CCC(=O)C(C)(N=O)C(C)=O.CNC(=O)c1cc(C(O)CN(C)C(C)CCc2ccccc2)ccc1OC. The number of methoxy groups -OCH3 is 1. The lowest BCUT2D eigenvalue weighted by molar-refractivity contribution is -0.142. The number of amides is 3. The molecule has 0 fully saturated rings. The molecule has 6 aromatic rings. The third kappa shape index (κ3) is 33.7. The number of nitroso groups, excluding NO2 is 3. The number of nitrogens with one attached hydrogen (secondary N) is 3. The van der Waals surface area contributed by atoms with Crippen LogP contribution in [-0.2, 0) is 67.1 Å². The van der Waals surface area contributed by atoms with Crippen molar-refractivity contribution in [3.05, 3.63) is 210 Å². The molecule has 0 aromatic heterocycles. The van der Waals surface area contributed by atoms with Crippen molar-refractivity contribution in [2.75, 3.05) is 54.1 Å². The Kier molecular flexibility index (Phi) is 44.1.